The molecule has 2 aromatic carbocycles. The highest BCUT2D eigenvalue weighted by molar-refractivity contribution is 5.82. The molecule has 1 heterocycles. The molecule has 9 heteroatoms. The van der Waals surface area contributed by atoms with Crippen LogP contribution in [-0.4, -0.2) is 59.6 Å². The molecule has 2 aliphatic carbocycles. The zero-order valence-corrected chi connectivity index (χ0v) is 19.0. The summed E-state index contributed by atoms with van der Waals surface area (Å²) in [5, 5.41) is 11.8. The number of likely N-dealkylation sites (tertiary alicyclic amines) is 1. The molecule has 7 nitrogen and oxygen atoms in total. The lowest BCUT2D eigenvalue weighted by Crippen LogP contribution is -2.37. The van der Waals surface area contributed by atoms with Crippen molar-refractivity contribution in [2.45, 2.75) is 37.1 Å². The Morgan fingerprint density at radius 3 is 2.26 bits per heavy atom. The lowest BCUT2D eigenvalue weighted by Gasteiger charge is -2.20. The second-order valence-electron chi connectivity index (χ2n) is 9.55. The van der Waals surface area contributed by atoms with Gasteiger partial charge in [0.05, 0.1) is 6.54 Å². The number of hydrogen-bond donors (Lipinski definition) is 2. The second kappa shape index (κ2) is 8.94. The van der Waals surface area contributed by atoms with Crippen LogP contribution in [0.1, 0.15) is 36.3 Å². The maximum absolute atomic E-state index is 14.0. The Labute approximate surface area is 201 Å². The van der Waals surface area contributed by atoms with Crippen LogP contribution in [0.2, 0.25) is 0 Å². The summed E-state index contributed by atoms with van der Waals surface area (Å²) in [6.45, 7) is -1.21. The fourth-order valence-electron chi connectivity index (χ4n) is 5.61. The van der Waals surface area contributed by atoms with Crippen molar-refractivity contribution < 1.29 is 33.0 Å². The Morgan fingerprint density at radius 2 is 1.66 bits per heavy atom. The van der Waals surface area contributed by atoms with Crippen LogP contribution in [0.4, 0.5) is 13.6 Å². The first-order chi connectivity index (χ1) is 16.7. The largest absolute Gasteiger partial charge is 0.481 e. The molecule has 0 spiro atoms. The molecule has 0 aromatic heterocycles. The van der Waals surface area contributed by atoms with Gasteiger partial charge in [-0.15, -0.1) is 0 Å². The van der Waals surface area contributed by atoms with Crippen LogP contribution in [0, 0.1) is 11.8 Å². The number of carboxylic acid groups (broad SMARTS) is 1. The van der Waals surface area contributed by atoms with Gasteiger partial charge >= 0.3 is 12.1 Å². The van der Waals surface area contributed by atoms with E-state index in [0.717, 1.165) is 27.2 Å². The molecule has 3 aliphatic rings. The highest BCUT2D eigenvalue weighted by atomic mass is 19.3. The van der Waals surface area contributed by atoms with E-state index in [2.05, 4.69) is 17.4 Å². The summed E-state index contributed by atoms with van der Waals surface area (Å²) in [6, 6.07) is 15.7. The summed E-state index contributed by atoms with van der Waals surface area (Å²) in [5.41, 5.74) is 4.48. The quantitative estimate of drug-likeness (QED) is 0.672. The van der Waals surface area contributed by atoms with E-state index in [0.29, 0.717) is 19.3 Å². The smallest absolute Gasteiger partial charge is 0.407 e. The summed E-state index contributed by atoms with van der Waals surface area (Å²) >= 11 is 0. The number of rotatable bonds is 5. The first-order valence-corrected chi connectivity index (χ1v) is 11.8. The lowest BCUT2D eigenvalue weighted by atomic mass is 9.98. The Bertz CT molecular complexity index is 1120. The van der Waals surface area contributed by atoms with Crippen molar-refractivity contribution >= 4 is 18.0 Å². The van der Waals surface area contributed by atoms with Crippen LogP contribution in [0.15, 0.2) is 48.5 Å². The first kappa shape index (κ1) is 23.3. The van der Waals surface area contributed by atoms with Gasteiger partial charge in [0.25, 0.3) is 5.92 Å². The number of aliphatic carboxylic acids is 1. The number of alkyl carbamates (subject to hydrolysis) is 1. The van der Waals surface area contributed by atoms with E-state index in [-0.39, 0.29) is 18.6 Å². The van der Waals surface area contributed by atoms with Crippen LogP contribution >= 0.6 is 0 Å². The normalized spacial score (nSPS) is 24.6. The molecule has 5 rings (SSSR count). The first-order valence-electron chi connectivity index (χ1n) is 11.8. The van der Waals surface area contributed by atoms with Crippen LogP contribution < -0.4 is 5.32 Å². The van der Waals surface area contributed by atoms with Crippen LogP contribution in [0.25, 0.3) is 11.1 Å². The molecular weight excluding hydrogens is 458 g/mol. The summed E-state index contributed by atoms with van der Waals surface area (Å²) in [4.78, 5) is 37.3. The number of nitrogens with zero attached hydrogens (tertiary/aromatic N) is 1. The van der Waals surface area contributed by atoms with Gasteiger partial charge in [0.1, 0.15) is 12.5 Å². The zero-order chi connectivity index (χ0) is 24.7. The molecule has 0 bridgehead atoms. The molecule has 1 saturated carbocycles. The molecule has 0 radical (unpaired) electrons. The Kier molecular flexibility index (Phi) is 5.94. The summed E-state index contributed by atoms with van der Waals surface area (Å²) in [7, 11) is 0. The molecule has 35 heavy (non-hydrogen) atoms. The van der Waals surface area contributed by atoms with E-state index < -0.39 is 48.8 Å². The minimum absolute atomic E-state index is 0.0648. The zero-order valence-electron chi connectivity index (χ0n) is 19.0. The molecule has 2 N–H and O–H groups in total. The average molecular weight is 484 g/mol. The van der Waals surface area contributed by atoms with E-state index in [1.807, 2.05) is 36.4 Å². The molecule has 184 valence electrons. The van der Waals surface area contributed by atoms with Crippen molar-refractivity contribution in [2.75, 3.05) is 19.7 Å². The minimum atomic E-state index is -3.45. The van der Waals surface area contributed by atoms with Gasteiger partial charge in [0.2, 0.25) is 5.91 Å². The minimum Gasteiger partial charge on any atom is -0.481 e. The number of fused-ring (bicyclic) bond motifs is 3. The fourth-order valence-corrected chi connectivity index (χ4v) is 5.61. The van der Waals surface area contributed by atoms with Crippen molar-refractivity contribution in [3.63, 3.8) is 0 Å². The summed E-state index contributed by atoms with van der Waals surface area (Å²) in [6.07, 6.45) is 0.687. The van der Waals surface area contributed by atoms with Crippen molar-refractivity contribution in [1.29, 1.82) is 0 Å². The molecule has 1 aliphatic heterocycles. The maximum Gasteiger partial charge on any atom is 0.407 e. The number of halogens is 2. The average Bonchev–Trinajstić information content (AvgIpc) is 3.51. The predicted molar refractivity (Wildman–Crippen MR) is 122 cm³/mol. The van der Waals surface area contributed by atoms with Crippen LogP contribution in [0.5, 0.6) is 0 Å². The molecular formula is C26H26F2N2O5. The van der Waals surface area contributed by atoms with Gasteiger partial charge in [-0.3, -0.25) is 9.59 Å². The number of carboxylic acids is 1. The molecule has 3 atom stereocenters. The number of carbonyl (C=O) groups is 3. The SMILES string of the molecule is O=C(N[C@H]1CC[C@@H](C(=O)N2CC(C(=O)O)C(F)(F)C2)C1)OCC1c2ccccc2-c2ccccc21. The standard InChI is InChI=1S/C26H26F2N2O5/c27-26(28)14-30(12-22(26)24(32)33)23(31)15-9-10-16(11-15)29-25(34)35-13-21-19-7-3-1-5-17(19)18-6-2-4-8-20(18)21/h1-8,15-16,21-22H,9-14H2,(H,29,34)(H,32,33)/t15-,16+,22?/m1/s1. The molecule has 2 aromatic rings. The molecule has 1 unspecified atom stereocenters. The van der Waals surface area contributed by atoms with Gasteiger partial charge in [-0.05, 0) is 41.5 Å². The van der Waals surface area contributed by atoms with Gasteiger partial charge < -0.3 is 20.1 Å². The van der Waals surface area contributed by atoms with E-state index in [1.165, 1.54) is 0 Å². The molecule has 2 fully saturated rings. The summed E-state index contributed by atoms with van der Waals surface area (Å²) in [5.74, 6) is -8.01. The Morgan fingerprint density at radius 1 is 1.03 bits per heavy atom. The van der Waals surface area contributed by atoms with E-state index in [9.17, 15) is 23.2 Å². The molecule has 1 saturated heterocycles. The highest BCUT2D eigenvalue weighted by Crippen LogP contribution is 2.44. The topological polar surface area (TPSA) is 95.9 Å². The van der Waals surface area contributed by atoms with E-state index in [1.54, 1.807) is 0 Å². The van der Waals surface area contributed by atoms with E-state index in [4.69, 9.17) is 9.84 Å². The van der Waals surface area contributed by atoms with Crippen molar-refractivity contribution in [2.24, 2.45) is 11.8 Å². The Balaban J connectivity index is 1.15. The van der Waals surface area contributed by atoms with Crippen LogP contribution in [-0.2, 0) is 14.3 Å². The molecule has 2 amide bonds. The van der Waals surface area contributed by atoms with Gasteiger partial charge in [0, 0.05) is 24.4 Å². The van der Waals surface area contributed by atoms with Gasteiger partial charge in [0.15, 0.2) is 0 Å². The van der Waals surface area contributed by atoms with Crippen molar-refractivity contribution in [3.8, 4) is 11.1 Å². The summed E-state index contributed by atoms with van der Waals surface area (Å²) < 4.78 is 33.5. The van der Waals surface area contributed by atoms with Crippen molar-refractivity contribution in [1.82, 2.24) is 10.2 Å². The number of alkyl halides is 2. The third kappa shape index (κ3) is 4.35. The third-order valence-electron chi connectivity index (χ3n) is 7.37. The third-order valence-corrected chi connectivity index (χ3v) is 7.37. The number of ether oxygens (including phenoxy) is 1. The Hall–Kier alpha value is -3.49. The highest BCUT2D eigenvalue weighted by Gasteiger charge is 2.54. The number of hydrogen-bond acceptors (Lipinski definition) is 4. The van der Waals surface area contributed by atoms with Crippen molar-refractivity contribution in [3.05, 3.63) is 59.7 Å². The van der Waals surface area contributed by atoms with Gasteiger partial charge in [-0.25, -0.2) is 13.6 Å². The predicted octanol–water partition coefficient (Wildman–Crippen LogP) is 3.87. The monoisotopic (exact) mass is 484 g/mol. The second-order valence-corrected chi connectivity index (χ2v) is 9.55. The fraction of sp³-hybridized carbons (Fsp3) is 0.423. The number of carbonyl (C=O) groups excluding carboxylic acids is 2. The number of benzene rings is 2. The van der Waals surface area contributed by atoms with E-state index >= 15 is 0 Å². The number of nitrogens with one attached hydrogen (secondary N) is 1. The van der Waals surface area contributed by atoms with Gasteiger partial charge in [-0.1, -0.05) is 48.5 Å². The van der Waals surface area contributed by atoms with Crippen LogP contribution in [0.3, 0.4) is 0 Å². The lowest BCUT2D eigenvalue weighted by molar-refractivity contribution is -0.151. The number of amides is 2. The maximum atomic E-state index is 14.0. The van der Waals surface area contributed by atoms with Gasteiger partial charge in [-0.2, -0.15) is 0 Å².